The first kappa shape index (κ1) is 15.2. The molecule has 0 aromatic heterocycles. The third-order valence-electron chi connectivity index (χ3n) is 2.79. The lowest BCUT2D eigenvalue weighted by atomic mass is 10.1. The molecule has 0 aliphatic rings. The highest BCUT2D eigenvalue weighted by molar-refractivity contribution is 8.01. The minimum atomic E-state index is -0.381. The van der Waals surface area contributed by atoms with Gasteiger partial charge < -0.3 is 9.47 Å². The third kappa shape index (κ3) is 3.89. The minimum Gasteiger partial charge on any atom is -0.465 e. The lowest BCUT2D eigenvalue weighted by Crippen LogP contribution is -2.04. The Morgan fingerprint density at radius 3 is 2.38 bits per heavy atom. The van der Waals surface area contributed by atoms with Gasteiger partial charge in [-0.3, -0.25) is 0 Å². The SMILES string of the molecule is COC(=O)C(=CSC)c1ccccc1Oc1ccccc1. The summed E-state index contributed by atoms with van der Waals surface area (Å²) in [5.41, 5.74) is 1.19. The van der Waals surface area contributed by atoms with Crippen molar-refractivity contribution in [2.75, 3.05) is 13.4 Å². The molecule has 0 spiro atoms. The van der Waals surface area contributed by atoms with Crippen LogP contribution in [0.15, 0.2) is 60.0 Å². The molecule has 0 saturated heterocycles. The van der Waals surface area contributed by atoms with E-state index < -0.39 is 0 Å². The molecule has 0 atom stereocenters. The highest BCUT2D eigenvalue weighted by Crippen LogP contribution is 2.31. The van der Waals surface area contributed by atoms with Crippen molar-refractivity contribution in [3.05, 3.63) is 65.6 Å². The number of carbonyl (C=O) groups excluding carboxylic acids is 1. The number of rotatable bonds is 5. The summed E-state index contributed by atoms with van der Waals surface area (Å²) in [4.78, 5) is 11.9. The lowest BCUT2D eigenvalue weighted by molar-refractivity contribution is -0.133. The maximum Gasteiger partial charge on any atom is 0.339 e. The summed E-state index contributed by atoms with van der Waals surface area (Å²) in [5, 5.41) is 1.76. The van der Waals surface area contributed by atoms with Gasteiger partial charge in [-0.2, -0.15) is 0 Å². The van der Waals surface area contributed by atoms with Crippen LogP contribution in [0.5, 0.6) is 11.5 Å². The van der Waals surface area contributed by atoms with Crippen LogP contribution in [0.2, 0.25) is 0 Å². The van der Waals surface area contributed by atoms with E-state index >= 15 is 0 Å². The number of carbonyl (C=O) groups is 1. The standard InChI is InChI=1S/C17H16O3S/c1-19-17(18)15(12-21-2)14-10-6-7-11-16(14)20-13-8-4-3-5-9-13/h3-12H,1-2H3. The van der Waals surface area contributed by atoms with Crippen molar-refractivity contribution in [2.45, 2.75) is 0 Å². The van der Waals surface area contributed by atoms with E-state index in [1.165, 1.54) is 18.9 Å². The van der Waals surface area contributed by atoms with Crippen LogP contribution in [0.4, 0.5) is 0 Å². The van der Waals surface area contributed by atoms with Crippen LogP contribution < -0.4 is 4.74 Å². The monoisotopic (exact) mass is 300 g/mol. The van der Waals surface area contributed by atoms with Gasteiger partial charge in [-0.05, 0) is 29.9 Å². The van der Waals surface area contributed by atoms with E-state index in [1.54, 1.807) is 5.41 Å². The summed E-state index contributed by atoms with van der Waals surface area (Å²) in [6.45, 7) is 0. The first-order valence-electron chi connectivity index (χ1n) is 6.40. The van der Waals surface area contributed by atoms with E-state index in [2.05, 4.69) is 0 Å². The molecule has 0 fully saturated rings. The van der Waals surface area contributed by atoms with Crippen LogP contribution in [0.25, 0.3) is 5.57 Å². The first-order valence-corrected chi connectivity index (χ1v) is 7.68. The number of hydrogen-bond acceptors (Lipinski definition) is 4. The Morgan fingerprint density at radius 2 is 1.71 bits per heavy atom. The molecule has 0 unspecified atom stereocenters. The van der Waals surface area contributed by atoms with Gasteiger partial charge in [0.05, 0.1) is 12.7 Å². The average Bonchev–Trinajstić information content (AvgIpc) is 2.54. The van der Waals surface area contributed by atoms with Crippen molar-refractivity contribution < 1.29 is 14.3 Å². The van der Waals surface area contributed by atoms with Gasteiger partial charge >= 0.3 is 5.97 Å². The maximum atomic E-state index is 11.9. The van der Waals surface area contributed by atoms with Gasteiger partial charge in [-0.25, -0.2) is 4.79 Å². The first-order chi connectivity index (χ1) is 10.3. The molecule has 2 rings (SSSR count). The van der Waals surface area contributed by atoms with E-state index in [1.807, 2.05) is 60.9 Å². The molecule has 0 amide bonds. The number of esters is 1. The normalized spacial score (nSPS) is 11.0. The second-order valence-corrected chi connectivity index (χ2v) is 4.88. The van der Waals surface area contributed by atoms with Crippen molar-refractivity contribution in [3.8, 4) is 11.5 Å². The Hall–Kier alpha value is -2.20. The number of thioether (sulfide) groups is 1. The van der Waals surface area contributed by atoms with E-state index in [-0.39, 0.29) is 5.97 Å². The van der Waals surface area contributed by atoms with E-state index in [9.17, 15) is 4.79 Å². The van der Waals surface area contributed by atoms with Gasteiger partial charge in [0.1, 0.15) is 11.5 Å². The van der Waals surface area contributed by atoms with Crippen molar-refractivity contribution in [3.63, 3.8) is 0 Å². The summed E-state index contributed by atoms with van der Waals surface area (Å²) in [5.74, 6) is 0.959. The Morgan fingerprint density at radius 1 is 1.05 bits per heavy atom. The van der Waals surface area contributed by atoms with Gasteiger partial charge in [0.15, 0.2) is 0 Å². The van der Waals surface area contributed by atoms with Gasteiger partial charge in [0.25, 0.3) is 0 Å². The fraction of sp³-hybridized carbons (Fsp3) is 0.118. The third-order valence-corrected chi connectivity index (χ3v) is 3.26. The Kier molecular flexibility index (Phi) is 5.46. The fourth-order valence-corrected chi connectivity index (χ4v) is 2.30. The molecule has 4 heteroatoms. The van der Waals surface area contributed by atoms with Crippen LogP contribution in [0.1, 0.15) is 5.56 Å². The van der Waals surface area contributed by atoms with Crippen molar-refractivity contribution in [1.29, 1.82) is 0 Å². The molecule has 0 bridgehead atoms. The molecule has 2 aromatic rings. The van der Waals surface area contributed by atoms with Crippen LogP contribution >= 0.6 is 11.8 Å². The predicted octanol–water partition coefficient (Wildman–Crippen LogP) is 4.36. The maximum absolute atomic E-state index is 11.9. The van der Waals surface area contributed by atoms with Gasteiger partial charge in [-0.1, -0.05) is 36.4 Å². The minimum absolute atomic E-state index is 0.381. The zero-order valence-corrected chi connectivity index (χ0v) is 12.7. The number of hydrogen-bond donors (Lipinski definition) is 0. The van der Waals surface area contributed by atoms with Crippen molar-refractivity contribution in [2.24, 2.45) is 0 Å². The molecule has 0 aliphatic heterocycles. The summed E-state index contributed by atoms with van der Waals surface area (Å²) >= 11 is 1.44. The molecule has 0 aliphatic carbocycles. The van der Waals surface area contributed by atoms with E-state index in [0.717, 1.165) is 5.75 Å². The number of methoxy groups -OCH3 is 1. The predicted molar refractivity (Wildman–Crippen MR) is 86.5 cm³/mol. The second-order valence-electron chi connectivity index (χ2n) is 4.17. The average molecular weight is 300 g/mol. The lowest BCUT2D eigenvalue weighted by Gasteiger charge is -2.12. The van der Waals surface area contributed by atoms with Crippen LogP contribution in [0, 0.1) is 0 Å². The van der Waals surface area contributed by atoms with Crippen molar-refractivity contribution in [1.82, 2.24) is 0 Å². The van der Waals surface area contributed by atoms with Gasteiger partial charge in [0, 0.05) is 5.56 Å². The number of ether oxygens (including phenoxy) is 2. The Bertz CT molecular complexity index is 635. The molecule has 0 N–H and O–H groups in total. The van der Waals surface area contributed by atoms with E-state index in [0.29, 0.717) is 16.9 Å². The zero-order valence-electron chi connectivity index (χ0n) is 11.9. The molecule has 21 heavy (non-hydrogen) atoms. The highest BCUT2D eigenvalue weighted by Gasteiger charge is 2.16. The Labute approximate surface area is 128 Å². The van der Waals surface area contributed by atoms with Crippen molar-refractivity contribution >= 4 is 23.3 Å². The molecular weight excluding hydrogens is 284 g/mol. The highest BCUT2D eigenvalue weighted by atomic mass is 32.2. The molecular formula is C17H16O3S. The van der Waals surface area contributed by atoms with Gasteiger partial charge in [-0.15, -0.1) is 11.8 Å². The summed E-state index contributed by atoms with van der Waals surface area (Å²) in [6, 6.07) is 16.9. The topological polar surface area (TPSA) is 35.5 Å². The molecule has 0 radical (unpaired) electrons. The van der Waals surface area contributed by atoms with Gasteiger partial charge in [0.2, 0.25) is 0 Å². The number of para-hydroxylation sites is 2. The molecule has 2 aromatic carbocycles. The fourth-order valence-electron chi connectivity index (χ4n) is 1.84. The summed E-state index contributed by atoms with van der Waals surface area (Å²) in [7, 11) is 1.37. The molecule has 108 valence electrons. The summed E-state index contributed by atoms with van der Waals surface area (Å²) in [6.07, 6.45) is 1.89. The zero-order chi connectivity index (χ0) is 15.1. The summed E-state index contributed by atoms with van der Waals surface area (Å²) < 4.78 is 10.7. The largest absolute Gasteiger partial charge is 0.465 e. The quantitative estimate of drug-likeness (QED) is 0.607. The second kappa shape index (κ2) is 7.55. The Balaban J connectivity index is 2.40. The molecule has 3 nitrogen and oxygen atoms in total. The molecule has 0 saturated carbocycles. The van der Waals surface area contributed by atoms with Crippen LogP contribution in [0.3, 0.4) is 0 Å². The number of benzene rings is 2. The van der Waals surface area contributed by atoms with Crippen LogP contribution in [-0.2, 0) is 9.53 Å². The smallest absolute Gasteiger partial charge is 0.339 e. The van der Waals surface area contributed by atoms with E-state index in [4.69, 9.17) is 9.47 Å². The molecule has 0 heterocycles. The van der Waals surface area contributed by atoms with Crippen LogP contribution in [-0.4, -0.2) is 19.3 Å².